The smallest absolute Gasteiger partial charge is 0.339 e. The molecule has 2 aromatic rings. The summed E-state index contributed by atoms with van der Waals surface area (Å²) in [5, 5.41) is -1.40. The second kappa shape index (κ2) is 6.02. The van der Waals surface area contributed by atoms with Gasteiger partial charge in [0.15, 0.2) is 11.9 Å². The van der Waals surface area contributed by atoms with E-state index in [9.17, 15) is 9.36 Å². The molecule has 23 heavy (non-hydrogen) atoms. The van der Waals surface area contributed by atoms with Crippen LogP contribution in [0.5, 0.6) is 0 Å². The van der Waals surface area contributed by atoms with Gasteiger partial charge in [0, 0.05) is 19.8 Å². The predicted molar refractivity (Wildman–Crippen MR) is 85.4 cm³/mol. The zero-order valence-electron chi connectivity index (χ0n) is 12.8. The molecule has 0 unspecified atom stereocenters. The lowest BCUT2D eigenvalue weighted by Crippen LogP contribution is -2.21. The minimum atomic E-state index is -3.67. The Labute approximate surface area is 134 Å². The van der Waals surface area contributed by atoms with Gasteiger partial charge in [0.05, 0.1) is 0 Å². The molecule has 0 aromatic heterocycles. The molecule has 1 heterocycles. The van der Waals surface area contributed by atoms with Crippen molar-refractivity contribution in [2.24, 2.45) is 0 Å². The summed E-state index contributed by atoms with van der Waals surface area (Å²) in [4.78, 5) is 12.7. The third-order valence-electron chi connectivity index (χ3n) is 3.97. The van der Waals surface area contributed by atoms with Gasteiger partial charge in [0.25, 0.3) is 0 Å². The molecule has 0 N–H and O–H groups in total. The maximum absolute atomic E-state index is 13.1. The molecule has 6 heteroatoms. The van der Waals surface area contributed by atoms with Crippen molar-refractivity contribution in [3.63, 3.8) is 0 Å². The van der Waals surface area contributed by atoms with E-state index >= 15 is 0 Å². The SMILES string of the molecule is COP(=O)(OC)[C@]1(c2ccccc2)O[C@@H]1C(=O)c1ccccc1. The molecule has 1 aliphatic heterocycles. The van der Waals surface area contributed by atoms with Crippen LogP contribution in [0, 0.1) is 0 Å². The molecule has 3 rings (SSSR count). The first-order valence-corrected chi connectivity index (χ1v) is 8.67. The van der Waals surface area contributed by atoms with E-state index in [1.807, 2.05) is 12.1 Å². The molecule has 1 fully saturated rings. The Morgan fingerprint density at radius 2 is 1.52 bits per heavy atom. The van der Waals surface area contributed by atoms with E-state index < -0.39 is 19.0 Å². The second-order valence-corrected chi connectivity index (χ2v) is 7.54. The minimum absolute atomic E-state index is 0.247. The van der Waals surface area contributed by atoms with Gasteiger partial charge in [0.2, 0.25) is 5.34 Å². The monoisotopic (exact) mass is 332 g/mol. The van der Waals surface area contributed by atoms with E-state index in [-0.39, 0.29) is 5.78 Å². The zero-order chi connectivity index (χ0) is 16.5. The minimum Gasteiger partial charge on any atom is -0.339 e. The number of ether oxygens (including phenoxy) is 1. The first kappa shape index (κ1) is 16.1. The Morgan fingerprint density at radius 1 is 1.00 bits per heavy atom. The highest BCUT2D eigenvalue weighted by atomic mass is 31.2. The number of Topliss-reactive ketones (excluding diaryl/α,β-unsaturated/α-hetero) is 1. The lowest BCUT2D eigenvalue weighted by atomic mass is 10.0. The van der Waals surface area contributed by atoms with Crippen molar-refractivity contribution in [3.05, 3.63) is 71.8 Å². The Balaban J connectivity index is 2.04. The number of hydrogen-bond donors (Lipinski definition) is 0. The van der Waals surface area contributed by atoms with Gasteiger partial charge in [-0.3, -0.25) is 9.36 Å². The van der Waals surface area contributed by atoms with Gasteiger partial charge in [-0.2, -0.15) is 0 Å². The van der Waals surface area contributed by atoms with Crippen LogP contribution in [0.3, 0.4) is 0 Å². The first-order chi connectivity index (χ1) is 11.1. The fraction of sp³-hybridized carbons (Fsp3) is 0.235. The molecule has 120 valence electrons. The van der Waals surface area contributed by atoms with Crippen molar-refractivity contribution in [1.29, 1.82) is 0 Å². The quantitative estimate of drug-likeness (QED) is 0.459. The molecule has 0 bridgehead atoms. The van der Waals surface area contributed by atoms with Gasteiger partial charge in [-0.25, -0.2) is 0 Å². The lowest BCUT2D eigenvalue weighted by Gasteiger charge is -2.22. The highest BCUT2D eigenvalue weighted by molar-refractivity contribution is 7.55. The van der Waals surface area contributed by atoms with Crippen molar-refractivity contribution in [2.75, 3.05) is 14.2 Å². The number of ketones is 1. The van der Waals surface area contributed by atoms with Gasteiger partial charge >= 0.3 is 7.60 Å². The lowest BCUT2D eigenvalue weighted by molar-refractivity contribution is 0.0953. The maximum Gasteiger partial charge on any atom is 0.369 e. The van der Waals surface area contributed by atoms with E-state index in [1.54, 1.807) is 48.5 Å². The Morgan fingerprint density at radius 3 is 2.04 bits per heavy atom. The summed E-state index contributed by atoms with van der Waals surface area (Å²) in [5.41, 5.74) is 1.09. The van der Waals surface area contributed by atoms with Crippen LogP contribution in [0.4, 0.5) is 0 Å². The Hall–Kier alpha value is -1.78. The summed E-state index contributed by atoms with van der Waals surface area (Å²) in [6, 6.07) is 17.7. The van der Waals surface area contributed by atoms with Gasteiger partial charge in [-0.15, -0.1) is 0 Å². The van der Waals surface area contributed by atoms with Crippen LogP contribution in [-0.4, -0.2) is 26.1 Å². The third kappa shape index (κ3) is 2.46. The Kier molecular flexibility index (Phi) is 4.21. The molecule has 2 atom stereocenters. The summed E-state index contributed by atoms with van der Waals surface area (Å²) in [5.74, 6) is -0.247. The molecule has 0 amide bonds. The number of epoxide rings is 1. The number of benzene rings is 2. The van der Waals surface area contributed by atoms with Crippen LogP contribution in [0.15, 0.2) is 60.7 Å². The van der Waals surface area contributed by atoms with Crippen LogP contribution in [-0.2, 0) is 23.7 Å². The molecule has 1 saturated heterocycles. The fourth-order valence-corrected chi connectivity index (χ4v) is 4.53. The summed E-state index contributed by atoms with van der Waals surface area (Å²) >= 11 is 0. The molecular weight excluding hydrogens is 315 g/mol. The fourth-order valence-electron chi connectivity index (χ4n) is 2.74. The van der Waals surface area contributed by atoms with Crippen LogP contribution < -0.4 is 0 Å². The highest BCUT2D eigenvalue weighted by Crippen LogP contribution is 2.74. The van der Waals surface area contributed by atoms with E-state index in [1.165, 1.54) is 14.2 Å². The average molecular weight is 332 g/mol. The molecule has 0 spiro atoms. The summed E-state index contributed by atoms with van der Waals surface area (Å²) in [6.45, 7) is 0. The summed E-state index contributed by atoms with van der Waals surface area (Å²) in [6.07, 6.45) is -0.905. The molecule has 0 saturated carbocycles. The molecular formula is C17H17O5P. The molecule has 2 aromatic carbocycles. The molecule has 1 aliphatic rings. The first-order valence-electron chi connectivity index (χ1n) is 7.13. The van der Waals surface area contributed by atoms with Crippen molar-refractivity contribution < 1.29 is 23.1 Å². The Bertz CT molecular complexity index is 738. The van der Waals surface area contributed by atoms with E-state index in [2.05, 4.69) is 0 Å². The van der Waals surface area contributed by atoms with E-state index in [0.717, 1.165) is 0 Å². The van der Waals surface area contributed by atoms with Gasteiger partial charge in [-0.05, 0) is 5.56 Å². The van der Waals surface area contributed by atoms with Crippen LogP contribution >= 0.6 is 7.60 Å². The molecule has 0 radical (unpaired) electrons. The van der Waals surface area contributed by atoms with E-state index in [4.69, 9.17) is 13.8 Å². The summed E-state index contributed by atoms with van der Waals surface area (Å²) < 4.78 is 29.0. The van der Waals surface area contributed by atoms with Crippen molar-refractivity contribution in [3.8, 4) is 0 Å². The molecule has 5 nitrogen and oxygen atoms in total. The van der Waals surface area contributed by atoms with Crippen LogP contribution in [0.25, 0.3) is 0 Å². The van der Waals surface area contributed by atoms with Crippen molar-refractivity contribution >= 4 is 13.4 Å². The topological polar surface area (TPSA) is 65.1 Å². The number of hydrogen-bond acceptors (Lipinski definition) is 5. The van der Waals surface area contributed by atoms with Crippen molar-refractivity contribution in [1.82, 2.24) is 0 Å². The van der Waals surface area contributed by atoms with Gasteiger partial charge < -0.3 is 13.8 Å². The third-order valence-corrected chi connectivity index (χ3v) is 6.34. The normalized spacial score (nSPS) is 23.5. The summed E-state index contributed by atoms with van der Waals surface area (Å²) in [7, 11) is -1.08. The number of rotatable bonds is 6. The standard InChI is InChI=1S/C17H17O5P/c1-20-23(19,21-2)17(14-11-7-4-8-12-14)16(22-17)15(18)13-9-5-3-6-10-13/h3-12,16H,1-2H3/t16-,17+/m1/s1. The highest BCUT2D eigenvalue weighted by Gasteiger charge is 2.74. The number of carbonyl (C=O) groups excluding carboxylic acids is 1. The van der Waals surface area contributed by atoms with Gasteiger partial charge in [0.1, 0.15) is 0 Å². The maximum atomic E-state index is 13.1. The second-order valence-electron chi connectivity index (χ2n) is 5.15. The van der Waals surface area contributed by atoms with Gasteiger partial charge in [-0.1, -0.05) is 60.7 Å². The number of carbonyl (C=O) groups is 1. The largest absolute Gasteiger partial charge is 0.369 e. The average Bonchev–Trinajstić information content (AvgIpc) is 3.39. The molecule has 0 aliphatic carbocycles. The van der Waals surface area contributed by atoms with E-state index in [0.29, 0.717) is 11.1 Å². The predicted octanol–water partition coefficient (Wildman–Crippen LogP) is 3.61. The van der Waals surface area contributed by atoms with Crippen LogP contribution in [0.1, 0.15) is 15.9 Å². The zero-order valence-corrected chi connectivity index (χ0v) is 13.7. The van der Waals surface area contributed by atoms with Crippen LogP contribution in [0.2, 0.25) is 0 Å². The van der Waals surface area contributed by atoms with Crippen molar-refractivity contribution in [2.45, 2.75) is 11.4 Å².